The normalized spacial score (nSPS) is 22.2. The van der Waals surface area contributed by atoms with Gasteiger partial charge in [0.2, 0.25) is 5.91 Å². The molecule has 5 nitrogen and oxygen atoms in total. The molecule has 0 aliphatic carbocycles. The highest BCUT2D eigenvalue weighted by molar-refractivity contribution is 5.89. The number of nitrogens with two attached hydrogens (primary N) is 1. The molecule has 0 radical (unpaired) electrons. The largest absolute Gasteiger partial charge is 0.351 e. The maximum absolute atomic E-state index is 12.0. The highest BCUT2D eigenvalue weighted by Crippen LogP contribution is 2.33. The van der Waals surface area contributed by atoms with Gasteiger partial charge >= 0.3 is 0 Å². The molecule has 0 bridgehead atoms. The van der Waals surface area contributed by atoms with Crippen LogP contribution in [0.4, 0.5) is 0 Å². The molecular formula is C15H22N2O3. The lowest BCUT2D eigenvalue weighted by molar-refractivity contribution is -0.177. The van der Waals surface area contributed by atoms with Gasteiger partial charge < -0.3 is 20.1 Å². The molecule has 2 rings (SSSR count). The van der Waals surface area contributed by atoms with Crippen LogP contribution in [0.2, 0.25) is 0 Å². The van der Waals surface area contributed by atoms with E-state index in [1.807, 2.05) is 44.2 Å². The second kappa shape index (κ2) is 6.83. The van der Waals surface area contributed by atoms with Crippen molar-refractivity contribution in [1.82, 2.24) is 4.90 Å². The minimum absolute atomic E-state index is 0.0525. The lowest BCUT2D eigenvalue weighted by atomic mass is 9.89. The maximum Gasteiger partial charge on any atom is 0.242 e. The molecule has 110 valence electrons. The average Bonchev–Trinajstić information content (AvgIpc) is 2.47. The van der Waals surface area contributed by atoms with E-state index < -0.39 is 12.3 Å². The first-order valence-corrected chi connectivity index (χ1v) is 7.03. The summed E-state index contributed by atoms with van der Waals surface area (Å²) in [4.78, 5) is 13.7. The number of rotatable bonds is 7. The SMILES string of the molecule is CCOC(CN1C(=O)C(N)C1c1ccccc1)OCC. The summed E-state index contributed by atoms with van der Waals surface area (Å²) in [6, 6.07) is 9.26. The van der Waals surface area contributed by atoms with Gasteiger partial charge in [-0.25, -0.2) is 0 Å². The molecule has 0 spiro atoms. The fourth-order valence-corrected chi connectivity index (χ4v) is 2.50. The van der Waals surface area contributed by atoms with Crippen molar-refractivity contribution in [3.8, 4) is 0 Å². The Morgan fingerprint density at radius 1 is 1.20 bits per heavy atom. The first-order valence-electron chi connectivity index (χ1n) is 7.03. The van der Waals surface area contributed by atoms with E-state index in [4.69, 9.17) is 15.2 Å². The number of hydrogen-bond acceptors (Lipinski definition) is 4. The average molecular weight is 278 g/mol. The number of carbonyl (C=O) groups excluding carboxylic acids is 1. The van der Waals surface area contributed by atoms with E-state index in [-0.39, 0.29) is 11.9 Å². The molecule has 2 N–H and O–H groups in total. The highest BCUT2D eigenvalue weighted by atomic mass is 16.7. The second-order valence-corrected chi connectivity index (χ2v) is 4.71. The van der Waals surface area contributed by atoms with Crippen LogP contribution < -0.4 is 5.73 Å². The van der Waals surface area contributed by atoms with E-state index in [1.54, 1.807) is 4.90 Å². The Morgan fingerprint density at radius 3 is 2.35 bits per heavy atom. The van der Waals surface area contributed by atoms with Crippen molar-refractivity contribution >= 4 is 5.91 Å². The van der Waals surface area contributed by atoms with Crippen molar-refractivity contribution in [2.24, 2.45) is 5.73 Å². The van der Waals surface area contributed by atoms with Crippen LogP contribution in [-0.2, 0) is 14.3 Å². The topological polar surface area (TPSA) is 64.8 Å². The number of benzene rings is 1. The van der Waals surface area contributed by atoms with Crippen LogP contribution in [0.1, 0.15) is 25.5 Å². The molecule has 2 atom stereocenters. The number of ether oxygens (including phenoxy) is 2. The Hall–Kier alpha value is -1.43. The molecule has 20 heavy (non-hydrogen) atoms. The summed E-state index contributed by atoms with van der Waals surface area (Å²) in [5.74, 6) is -0.0525. The number of β-lactam (4-membered cyclic amide) rings is 1. The Kier molecular flexibility index (Phi) is 5.11. The smallest absolute Gasteiger partial charge is 0.242 e. The lowest BCUT2D eigenvalue weighted by Crippen LogP contribution is -2.64. The molecule has 5 heteroatoms. The summed E-state index contributed by atoms with van der Waals surface area (Å²) in [7, 11) is 0. The van der Waals surface area contributed by atoms with E-state index in [1.165, 1.54) is 0 Å². The van der Waals surface area contributed by atoms with E-state index >= 15 is 0 Å². The predicted octanol–water partition coefficient (Wildman–Crippen LogP) is 1.30. The molecule has 1 aliphatic rings. The minimum Gasteiger partial charge on any atom is -0.351 e. The summed E-state index contributed by atoms with van der Waals surface area (Å²) in [6.45, 7) is 5.33. The number of carbonyl (C=O) groups is 1. The van der Waals surface area contributed by atoms with Crippen LogP contribution in [-0.4, -0.2) is 42.9 Å². The highest BCUT2D eigenvalue weighted by Gasteiger charge is 2.46. The molecular weight excluding hydrogens is 256 g/mol. The third-order valence-corrected chi connectivity index (χ3v) is 3.44. The second-order valence-electron chi connectivity index (χ2n) is 4.71. The van der Waals surface area contributed by atoms with Gasteiger partial charge in [-0.15, -0.1) is 0 Å². The number of nitrogens with zero attached hydrogens (tertiary/aromatic N) is 1. The van der Waals surface area contributed by atoms with Gasteiger partial charge in [-0.3, -0.25) is 4.79 Å². The van der Waals surface area contributed by atoms with Gasteiger partial charge in [0.25, 0.3) is 0 Å². The third-order valence-electron chi connectivity index (χ3n) is 3.44. The van der Waals surface area contributed by atoms with Gasteiger partial charge in [-0.1, -0.05) is 30.3 Å². The summed E-state index contributed by atoms with van der Waals surface area (Å²) in [5, 5.41) is 0. The zero-order valence-electron chi connectivity index (χ0n) is 12.0. The van der Waals surface area contributed by atoms with E-state index in [0.717, 1.165) is 5.56 Å². The first-order chi connectivity index (χ1) is 9.69. The van der Waals surface area contributed by atoms with Gasteiger partial charge in [0, 0.05) is 13.2 Å². The molecule has 1 amide bonds. The van der Waals surface area contributed by atoms with Gasteiger partial charge in [0.1, 0.15) is 6.04 Å². The summed E-state index contributed by atoms with van der Waals surface area (Å²) >= 11 is 0. The molecule has 0 aromatic heterocycles. The van der Waals surface area contributed by atoms with Crippen LogP contribution in [0, 0.1) is 0 Å². The summed E-state index contributed by atoms with van der Waals surface area (Å²) in [5.41, 5.74) is 6.99. The van der Waals surface area contributed by atoms with E-state index in [0.29, 0.717) is 19.8 Å². The van der Waals surface area contributed by atoms with Gasteiger partial charge in [0.05, 0.1) is 12.6 Å². The fraction of sp³-hybridized carbons (Fsp3) is 0.533. The molecule has 1 saturated heterocycles. The van der Waals surface area contributed by atoms with Crippen molar-refractivity contribution in [2.75, 3.05) is 19.8 Å². The van der Waals surface area contributed by atoms with Crippen molar-refractivity contribution in [3.63, 3.8) is 0 Å². The van der Waals surface area contributed by atoms with Gasteiger partial charge in [0.15, 0.2) is 6.29 Å². The van der Waals surface area contributed by atoms with Crippen LogP contribution in [0.15, 0.2) is 30.3 Å². The maximum atomic E-state index is 12.0. The lowest BCUT2D eigenvalue weighted by Gasteiger charge is -2.46. The predicted molar refractivity (Wildman–Crippen MR) is 75.9 cm³/mol. The van der Waals surface area contributed by atoms with Crippen molar-refractivity contribution < 1.29 is 14.3 Å². The standard InChI is InChI=1S/C15H22N2O3/c1-3-19-12(20-4-2)10-17-14(13(16)15(17)18)11-8-6-5-7-9-11/h5-9,12-14H,3-4,10,16H2,1-2H3. The zero-order chi connectivity index (χ0) is 14.5. The molecule has 1 aromatic rings. The van der Waals surface area contributed by atoms with Crippen molar-refractivity contribution in [1.29, 1.82) is 0 Å². The molecule has 1 aromatic carbocycles. The fourth-order valence-electron chi connectivity index (χ4n) is 2.50. The Morgan fingerprint density at radius 2 is 1.80 bits per heavy atom. The first kappa shape index (κ1) is 15.0. The van der Waals surface area contributed by atoms with Crippen LogP contribution in [0.25, 0.3) is 0 Å². The van der Waals surface area contributed by atoms with Crippen LogP contribution in [0.3, 0.4) is 0 Å². The minimum atomic E-state index is -0.471. The summed E-state index contributed by atoms with van der Waals surface area (Å²) < 4.78 is 11.0. The molecule has 1 fully saturated rings. The van der Waals surface area contributed by atoms with E-state index in [2.05, 4.69) is 0 Å². The van der Waals surface area contributed by atoms with Gasteiger partial charge in [-0.2, -0.15) is 0 Å². The van der Waals surface area contributed by atoms with Crippen molar-refractivity contribution in [3.05, 3.63) is 35.9 Å². The van der Waals surface area contributed by atoms with E-state index in [9.17, 15) is 4.79 Å². The zero-order valence-corrected chi connectivity index (χ0v) is 12.0. The summed E-state index contributed by atoms with van der Waals surface area (Å²) in [6.07, 6.45) is -0.396. The molecule has 0 saturated carbocycles. The van der Waals surface area contributed by atoms with Crippen LogP contribution in [0.5, 0.6) is 0 Å². The Bertz CT molecular complexity index is 432. The Balaban J connectivity index is 2.07. The number of amides is 1. The van der Waals surface area contributed by atoms with Crippen LogP contribution >= 0.6 is 0 Å². The molecule has 1 aliphatic heterocycles. The number of likely N-dealkylation sites (tertiary alicyclic amines) is 1. The Labute approximate surface area is 119 Å². The third kappa shape index (κ3) is 3.00. The monoisotopic (exact) mass is 278 g/mol. The quantitative estimate of drug-likeness (QED) is 0.603. The van der Waals surface area contributed by atoms with Gasteiger partial charge in [-0.05, 0) is 19.4 Å². The molecule has 1 heterocycles. The number of hydrogen-bond donors (Lipinski definition) is 1. The molecule has 2 unspecified atom stereocenters. The van der Waals surface area contributed by atoms with Crippen molar-refractivity contribution in [2.45, 2.75) is 32.2 Å².